The second kappa shape index (κ2) is 10.1. The highest BCUT2D eigenvalue weighted by molar-refractivity contribution is 9.10. The first-order valence-electron chi connectivity index (χ1n) is 9.25. The monoisotopic (exact) mass is 505 g/mol. The summed E-state index contributed by atoms with van der Waals surface area (Å²) in [5, 5.41) is 5.48. The highest BCUT2D eigenvalue weighted by Gasteiger charge is 2.12. The molecule has 154 valence electrons. The highest BCUT2D eigenvalue weighted by atomic mass is 79.9. The van der Waals surface area contributed by atoms with Gasteiger partial charge in [0.2, 0.25) is 0 Å². The van der Waals surface area contributed by atoms with Crippen LogP contribution in [-0.4, -0.2) is 22.5 Å². The number of aromatic nitrogens is 2. The van der Waals surface area contributed by atoms with Crippen LogP contribution in [0.4, 0.5) is 0 Å². The topological polar surface area (TPSA) is 56.5 Å². The minimum absolute atomic E-state index is 0.0569. The van der Waals surface area contributed by atoms with Crippen LogP contribution in [0.15, 0.2) is 44.7 Å². The van der Waals surface area contributed by atoms with E-state index in [0.29, 0.717) is 44.5 Å². The van der Waals surface area contributed by atoms with Crippen molar-refractivity contribution in [3.05, 3.63) is 66.6 Å². The number of aryl methyl sites for hydroxylation is 1. The van der Waals surface area contributed by atoms with Gasteiger partial charge in [0.05, 0.1) is 27.2 Å². The average molecular weight is 507 g/mol. The quantitative estimate of drug-likeness (QED) is 0.305. The van der Waals surface area contributed by atoms with E-state index in [0.717, 1.165) is 17.3 Å². The largest absolute Gasteiger partial charge is 0.478 e. The fraction of sp³-hybridized carbons (Fsp3) is 0.227. The van der Waals surface area contributed by atoms with Crippen molar-refractivity contribution in [1.82, 2.24) is 9.66 Å². The Bertz CT molecular complexity index is 1190. The molecule has 3 aromatic rings. The number of terminal acetylenes is 1. The molecule has 0 atom stereocenters. The molecule has 30 heavy (non-hydrogen) atoms. The Morgan fingerprint density at radius 1 is 1.30 bits per heavy atom. The van der Waals surface area contributed by atoms with E-state index >= 15 is 0 Å². The van der Waals surface area contributed by atoms with Crippen molar-refractivity contribution >= 4 is 56.2 Å². The molecule has 0 amide bonds. The van der Waals surface area contributed by atoms with Gasteiger partial charge < -0.3 is 4.74 Å². The molecule has 0 aliphatic heterocycles. The van der Waals surface area contributed by atoms with Gasteiger partial charge in [0, 0.05) is 10.9 Å². The van der Waals surface area contributed by atoms with Gasteiger partial charge in [-0.1, -0.05) is 58.4 Å². The summed E-state index contributed by atoms with van der Waals surface area (Å²) >= 11 is 15.9. The first kappa shape index (κ1) is 22.4. The van der Waals surface area contributed by atoms with Crippen LogP contribution < -0.4 is 10.3 Å². The summed E-state index contributed by atoms with van der Waals surface area (Å²) in [6.45, 7) is 2.14. The number of ether oxygens (including phenoxy) is 1. The molecular formula is C22H18BrCl2N3O2. The zero-order valence-electron chi connectivity index (χ0n) is 16.2. The third-order valence-electron chi connectivity index (χ3n) is 4.27. The molecule has 8 heteroatoms. The molecule has 0 unspecified atom stereocenters. The summed E-state index contributed by atoms with van der Waals surface area (Å²) in [6, 6.07) is 8.71. The molecular weight excluding hydrogens is 489 g/mol. The lowest BCUT2D eigenvalue weighted by atomic mass is 10.2. The van der Waals surface area contributed by atoms with E-state index in [2.05, 4.69) is 38.9 Å². The normalized spacial score (nSPS) is 11.2. The standard InChI is InChI=1S/C22H18BrCl2N3O2/c1-3-5-6-20-27-19-8-7-15(23)12-16(19)22(29)28(20)26-13-14-10-17(24)21(18(25)11-14)30-9-4-2/h2,7-8,10-13H,3,5-6,9H2,1H3. The molecule has 0 spiro atoms. The minimum atomic E-state index is -0.241. The molecule has 0 fully saturated rings. The van der Waals surface area contributed by atoms with E-state index in [1.165, 1.54) is 10.9 Å². The van der Waals surface area contributed by atoms with Crippen LogP contribution >= 0.6 is 39.1 Å². The second-order valence-corrected chi connectivity index (χ2v) is 8.19. The predicted molar refractivity (Wildman–Crippen MR) is 126 cm³/mol. The van der Waals surface area contributed by atoms with Crippen molar-refractivity contribution in [1.29, 1.82) is 0 Å². The van der Waals surface area contributed by atoms with Gasteiger partial charge in [0.1, 0.15) is 12.4 Å². The highest BCUT2D eigenvalue weighted by Crippen LogP contribution is 2.33. The van der Waals surface area contributed by atoms with E-state index < -0.39 is 0 Å². The maximum absolute atomic E-state index is 13.1. The Hall–Kier alpha value is -2.33. The van der Waals surface area contributed by atoms with E-state index in [1.807, 2.05) is 12.1 Å². The van der Waals surface area contributed by atoms with Crippen molar-refractivity contribution in [2.24, 2.45) is 5.10 Å². The molecule has 0 saturated carbocycles. The Labute approximate surface area is 192 Å². The van der Waals surface area contributed by atoms with Gasteiger partial charge in [-0.25, -0.2) is 4.98 Å². The summed E-state index contributed by atoms with van der Waals surface area (Å²) in [7, 11) is 0. The SMILES string of the molecule is C#CCOc1c(Cl)cc(C=Nn2c(CCCC)nc3ccc(Br)cc3c2=O)cc1Cl. The van der Waals surface area contributed by atoms with Crippen molar-refractivity contribution in [2.75, 3.05) is 6.61 Å². The number of fused-ring (bicyclic) bond motifs is 1. The Morgan fingerprint density at radius 2 is 2.03 bits per heavy atom. The van der Waals surface area contributed by atoms with Crippen molar-refractivity contribution in [3.8, 4) is 18.1 Å². The van der Waals surface area contributed by atoms with Crippen LogP contribution in [0, 0.1) is 12.3 Å². The van der Waals surface area contributed by atoms with Crippen LogP contribution in [0.2, 0.25) is 10.0 Å². The van der Waals surface area contributed by atoms with Crippen molar-refractivity contribution in [2.45, 2.75) is 26.2 Å². The second-order valence-electron chi connectivity index (χ2n) is 6.46. The first-order valence-corrected chi connectivity index (χ1v) is 10.8. The molecule has 0 saturated heterocycles. The van der Waals surface area contributed by atoms with Gasteiger partial charge >= 0.3 is 0 Å². The predicted octanol–water partition coefficient (Wildman–Crippen LogP) is 5.70. The lowest BCUT2D eigenvalue weighted by Gasteiger charge is -2.10. The van der Waals surface area contributed by atoms with E-state index in [9.17, 15) is 4.79 Å². The molecule has 1 aromatic heterocycles. The fourth-order valence-corrected chi connectivity index (χ4v) is 3.81. The third kappa shape index (κ3) is 5.04. The van der Waals surface area contributed by atoms with Crippen molar-refractivity contribution in [3.63, 3.8) is 0 Å². The van der Waals surface area contributed by atoms with Crippen LogP contribution in [-0.2, 0) is 6.42 Å². The molecule has 2 aromatic carbocycles. The minimum Gasteiger partial charge on any atom is -0.478 e. The summed E-state index contributed by atoms with van der Waals surface area (Å²) in [5.74, 6) is 3.27. The number of benzene rings is 2. The Balaban J connectivity index is 2.05. The Morgan fingerprint density at radius 3 is 2.70 bits per heavy atom. The smallest absolute Gasteiger partial charge is 0.282 e. The number of hydrogen-bond donors (Lipinski definition) is 0. The molecule has 0 N–H and O–H groups in total. The van der Waals surface area contributed by atoms with Crippen LogP contribution in [0.25, 0.3) is 10.9 Å². The van der Waals surface area contributed by atoms with E-state index in [1.54, 1.807) is 18.2 Å². The number of nitrogens with zero attached hydrogens (tertiary/aromatic N) is 3. The molecule has 0 aliphatic rings. The summed E-state index contributed by atoms with van der Waals surface area (Å²) in [6.07, 6.45) is 9.23. The molecule has 5 nitrogen and oxygen atoms in total. The van der Waals surface area contributed by atoms with Crippen LogP contribution in [0.1, 0.15) is 31.2 Å². The van der Waals surface area contributed by atoms with Gasteiger partial charge in [-0.3, -0.25) is 4.79 Å². The molecule has 3 rings (SSSR count). The molecule has 1 heterocycles. The third-order valence-corrected chi connectivity index (χ3v) is 5.33. The van der Waals surface area contributed by atoms with Crippen molar-refractivity contribution < 1.29 is 4.74 Å². The van der Waals surface area contributed by atoms with Gasteiger partial charge in [-0.05, 0) is 42.3 Å². The van der Waals surface area contributed by atoms with Gasteiger partial charge in [0.25, 0.3) is 5.56 Å². The van der Waals surface area contributed by atoms with Gasteiger partial charge in [-0.15, -0.1) is 6.42 Å². The molecule has 0 aliphatic carbocycles. The summed E-state index contributed by atoms with van der Waals surface area (Å²) in [5.41, 5.74) is 1.01. The van der Waals surface area contributed by atoms with Gasteiger partial charge in [-0.2, -0.15) is 9.78 Å². The number of hydrogen-bond acceptors (Lipinski definition) is 4. The number of rotatable bonds is 7. The zero-order valence-corrected chi connectivity index (χ0v) is 19.3. The average Bonchev–Trinajstić information content (AvgIpc) is 2.71. The Kier molecular flexibility index (Phi) is 7.54. The van der Waals surface area contributed by atoms with Gasteiger partial charge in [0.15, 0.2) is 5.75 Å². The first-order chi connectivity index (χ1) is 14.4. The molecule has 0 radical (unpaired) electrons. The fourth-order valence-electron chi connectivity index (χ4n) is 2.84. The molecule has 0 bridgehead atoms. The maximum Gasteiger partial charge on any atom is 0.282 e. The number of unbranched alkanes of at least 4 members (excludes halogenated alkanes) is 1. The zero-order chi connectivity index (χ0) is 21.7. The summed E-state index contributed by atoms with van der Waals surface area (Å²) < 4.78 is 7.49. The maximum atomic E-state index is 13.1. The van der Waals surface area contributed by atoms with E-state index in [-0.39, 0.29) is 12.2 Å². The number of halogens is 3. The lowest BCUT2D eigenvalue weighted by molar-refractivity contribution is 0.371. The lowest BCUT2D eigenvalue weighted by Crippen LogP contribution is -2.22. The van der Waals surface area contributed by atoms with Crippen LogP contribution in [0.5, 0.6) is 5.75 Å². The van der Waals surface area contributed by atoms with E-state index in [4.69, 9.17) is 34.4 Å². The summed E-state index contributed by atoms with van der Waals surface area (Å²) in [4.78, 5) is 17.7. The van der Waals surface area contributed by atoms with Crippen LogP contribution in [0.3, 0.4) is 0 Å².